The highest BCUT2D eigenvalue weighted by atomic mass is 32.1. The van der Waals surface area contributed by atoms with Crippen molar-refractivity contribution >= 4 is 21.5 Å². The van der Waals surface area contributed by atoms with Crippen molar-refractivity contribution in [1.29, 1.82) is 0 Å². The van der Waals surface area contributed by atoms with E-state index in [-0.39, 0.29) is 0 Å². The molecule has 2 N–H and O–H groups in total. The van der Waals surface area contributed by atoms with Gasteiger partial charge < -0.3 is 10.6 Å². The van der Waals surface area contributed by atoms with E-state index in [1.54, 1.807) is 6.20 Å². The van der Waals surface area contributed by atoms with Gasteiger partial charge in [-0.05, 0) is 6.92 Å². The Bertz CT molecular complexity index is 280. The Kier molecular flexibility index (Phi) is 2.70. The Morgan fingerprint density at radius 2 is 2.50 bits per heavy atom. The van der Waals surface area contributed by atoms with Crippen LogP contribution in [0.3, 0.4) is 0 Å². The van der Waals surface area contributed by atoms with Crippen molar-refractivity contribution in [3.63, 3.8) is 0 Å². The maximum Gasteiger partial charge on any atom is 0.187 e. The van der Waals surface area contributed by atoms with Gasteiger partial charge in [0.05, 0.1) is 6.20 Å². The van der Waals surface area contributed by atoms with E-state index in [9.17, 15) is 0 Å². The van der Waals surface area contributed by atoms with Gasteiger partial charge in [0.25, 0.3) is 0 Å². The van der Waals surface area contributed by atoms with E-state index < -0.39 is 0 Å². The van der Waals surface area contributed by atoms with Crippen LogP contribution in [0.25, 0.3) is 0 Å². The molecule has 1 aromatic heterocycles. The van der Waals surface area contributed by atoms with Crippen LogP contribution in [-0.4, -0.2) is 18.6 Å². The van der Waals surface area contributed by atoms with Gasteiger partial charge >= 0.3 is 0 Å². The van der Waals surface area contributed by atoms with Gasteiger partial charge in [-0.1, -0.05) is 23.5 Å². The van der Waals surface area contributed by atoms with Crippen molar-refractivity contribution in [2.75, 3.05) is 24.2 Å². The number of anilines is 2. The molecule has 0 aromatic carbocycles. The Labute approximate surface area is 76.5 Å². The van der Waals surface area contributed by atoms with Gasteiger partial charge in [-0.15, -0.1) is 0 Å². The number of nitrogens with two attached hydrogens (primary N) is 1. The summed E-state index contributed by atoms with van der Waals surface area (Å²) in [4.78, 5) is 6.18. The maximum absolute atomic E-state index is 5.55. The molecule has 1 heterocycles. The first kappa shape index (κ1) is 9.06. The van der Waals surface area contributed by atoms with Crippen LogP contribution in [0.2, 0.25) is 0 Å². The average Bonchev–Trinajstić information content (AvgIpc) is 2.34. The van der Waals surface area contributed by atoms with Gasteiger partial charge in [0.2, 0.25) is 0 Å². The first-order chi connectivity index (χ1) is 5.59. The maximum atomic E-state index is 5.55. The Morgan fingerprint density at radius 1 is 1.83 bits per heavy atom. The molecule has 0 aliphatic carbocycles. The monoisotopic (exact) mass is 183 g/mol. The zero-order valence-electron chi connectivity index (χ0n) is 7.37. The standard InChI is InChI=1S/C8H13N3S/c1-6(2)5-11(3)8-10-4-7(9)12-8/h4H,1,5,9H2,2-3H3. The molecule has 0 saturated heterocycles. The summed E-state index contributed by atoms with van der Waals surface area (Å²) >= 11 is 1.49. The zero-order chi connectivity index (χ0) is 9.14. The second-order valence-corrected chi connectivity index (χ2v) is 3.90. The lowest BCUT2D eigenvalue weighted by Gasteiger charge is -2.14. The van der Waals surface area contributed by atoms with E-state index in [0.29, 0.717) is 0 Å². The number of hydrogen-bond acceptors (Lipinski definition) is 4. The third-order valence-electron chi connectivity index (χ3n) is 1.35. The molecule has 0 aliphatic heterocycles. The molecule has 0 atom stereocenters. The third kappa shape index (κ3) is 2.23. The van der Waals surface area contributed by atoms with Crippen LogP contribution in [-0.2, 0) is 0 Å². The van der Waals surface area contributed by atoms with Crippen molar-refractivity contribution < 1.29 is 0 Å². The molecule has 12 heavy (non-hydrogen) atoms. The molecule has 0 saturated carbocycles. The van der Waals surface area contributed by atoms with E-state index in [1.807, 2.05) is 18.9 Å². The lowest BCUT2D eigenvalue weighted by atomic mass is 10.3. The fraction of sp³-hybridized carbons (Fsp3) is 0.375. The molecule has 0 aliphatic rings. The largest absolute Gasteiger partial charge is 0.389 e. The second-order valence-electron chi connectivity index (χ2n) is 2.86. The Morgan fingerprint density at radius 3 is 2.92 bits per heavy atom. The highest BCUT2D eigenvalue weighted by Gasteiger charge is 2.04. The van der Waals surface area contributed by atoms with Gasteiger partial charge in [0.15, 0.2) is 5.13 Å². The molecule has 0 fully saturated rings. The predicted molar refractivity (Wildman–Crippen MR) is 54.6 cm³/mol. The topological polar surface area (TPSA) is 42.2 Å². The molecule has 0 spiro atoms. The predicted octanol–water partition coefficient (Wildman–Crippen LogP) is 1.74. The lowest BCUT2D eigenvalue weighted by molar-refractivity contribution is 0.975. The first-order valence-corrected chi connectivity index (χ1v) is 4.48. The van der Waals surface area contributed by atoms with Crippen LogP contribution in [0.5, 0.6) is 0 Å². The Balaban J connectivity index is 2.64. The molecule has 1 aromatic rings. The van der Waals surface area contributed by atoms with E-state index in [1.165, 1.54) is 11.3 Å². The smallest absolute Gasteiger partial charge is 0.187 e. The van der Waals surface area contributed by atoms with Crippen LogP contribution in [0.1, 0.15) is 6.92 Å². The zero-order valence-corrected chi connectivity index (χ0v) is 8.19. The molecule has 0 bridgehead atoms. The highest BCUT2D eigenvalue weighted by molar-refractivity contribution is 7.19. The van der Waals surface area contributed by atoms with Crippen LogP contribution in [0.4, 0.5) is 10.1 Å². The highest BCUT2D eigenvalue weighted by Crippen LogP contribution is 2.22. The van der Waals surface area contributed by atoms with Gasteiger partial charge in [0.1, 0.15) is 5.00 Å². The number of nitrogens with zero attached hydrogens (tertiary/aromatic N) is 2. The lowest BCUT2D eigenvalue weighted by Crippen LogP contribution is -2.18. The van der Waals surface area contributed by atoms with Gasteiger partial charge in [-0.3, -0.25) is 0 Å². The number of rotatable bonds is 3. The molecular weight excluding hydrogens is 170 g/mol. The van der Waals surface area contributed by atoms with Gasteiger partial charge in [-0.25, -0.2) is 4.98 Å². The third-order valence-corrected chi connectivity index (χ3v) is 2.29. The van der Waals surface area contributed by atoms with Gasteiger partial charge in [-0.2, -0.15) is 0 Å². The molecule has 3 nitrogen and oxygen atoms in total. The molecule has 66 valence electrons. The Hall–Kier alpha value is -1.03. The van der Waals surface area contributed by atoms with Crippen LogP contribution in [0, 0.1) is 0 Å². The van der Waals surface area contributed by atoms with Crippen molar-refractivity contribution in [2.24, 2.45) is 0 Å². The number of hydrogen-bond donors (Lipinski definition) is 1. The molecule has 0 unspecified atom stereocenters. The summed E-state index contributed by atoms with van der Waals surface area (Å²) in [6, 6.07) is 0. The minimum absolute atomic E-state index is 0.749. The van der Waals surface area contributed by atoms with Gasteiger partial charge in [0, 0.05) is 13.6 Å². The summed E-state index contributed by atoms with van der Waals surface area (Å²) in [5, 5.41) is 1.69. The molecule has 0 radical (unpaired) electrons. The number of likely N-dealkylation sites (N-methyl/N-ethyl adjacent to an activating group) is 1. The second kappa shape index (κ2) is 3.58. The normalized spacial score (nSPS) is 9.83. The molecule has 0 amide bonds. The first-order valence-electron chi connectivity index (χ1n) is 3.66. The van der Waals surface area contributed by atoms with E-state index >= 15 is 0 Å². The quantitative estimate of drug-likeness (QED) is 0.726. The van der Waals surface area contributed by atoms with Crippen molar-refractivity contribution in [1.82, 2.24) is 4.98 Å². The van der Waals surface area contributed by atoms with Crippen molar-refractivity contribution in [2.45, 2.75) is 6.92 Å². The number of nitrogen functional groups attached to an aromatic ring is 1. The minimum atomic E-state index is 0.749. The minimum Gasteiger partial charge on any atom is -0.389 e. The summed E-state index contributed by atoms with van der Waals surface area (Å²) in [6.07, 6.45) is 1.68. The summed E-state index contributed by atoms with van der Waals surface area (Å²) in [5.41, 5.74) is 6.67. The fourth-order valence-electron chi connectivity index (χ4n) is 0.926. The average molecular weight is 183 g/mol. The molecular formula is C8H13N3S. The summed E-state index contributed by atoms with van der Waals surface area (Å²) in [7, 11) is 1.98. The van der Waals surface area contributed by atoms with Crippen LogP contribution >= 0.6 is 11.3 Å². The SMILES string of the molecule is C=C(C)CN(C)c1ncc(N)s1. The van der Waals surface area contributed by atoms with Crippen molar-refractivity contribution in [3.05, 3.63) is 18.3 Å². The van der Waals surface area contributed by atoms with Crippen LogP contribution in [0.15, 0.2) is 18.3 Å². The number of aromatic nitrogens is 1. The van der Waals surface area contributed by atoms with E-state index in [0.717, 1.165) is 22.3 Å². The fourth-order valence-corrected chi connectivity index (χ4v) is 1.57. The summed E-state index contributed by atoms with van der Waals surface area (Å²) < 4.78 is 0. The van der Waals surface area contributed by atoms with E-state index in [4.69, 9.17) is 5.73 Å². The summed E-state index contributed by atoms with van der Waals surface area (Å²) in [5.74, 6) is 0. The van der Waals surface area contributed by atoms with E-state index in [2.05, 4.69) is 11.6 Å². The summed E-state index contributed by atoms with van der Waals surface area (Å²) in [6.45, 7) is 6.65. The molecule has 1 rings (SSSR count). The van der Waals surface area contributed by atoms with Crippen molar-refractivity contribution in [3.8, 4) is 0 Å². The van der Waals surface area contributed by atoms with Crippen LogP contribution < -0.4 is 10.6 Å². The number of thiazole rings is 1. The molecule has 4 heteroatoms.